The third-order valence-electron chi connectivity index (χ3n) is 10.4. The van der Waals surface area contributed by atoms with Crippen molar-refractivity contribution in [2.75, 3.05) is 33.2 Å². The van der Waals surface area contributed by atoms with Gasteiger partial charge in [0.05, 0.1) is 6.10 Å². The number of alkyl carbamates (subject to hydrolysis) is 4. The minimum absolute atomic E-state index is 0.0164. The highest BCUT2D eigenvalue weighted by Crippen LogP contribution is 2.29. The number of nitrogens with zero attached hydrogens (tertiary/aromatic N) is 1. The summed E-state index contributed by atoms with van der Waals surface area (Å²) >= 11 is 0. The van der Waals surface area contributed by atoms with Crippen LogP contribution in [0.2, 0.25) is 0 Å². The second-order valence-corrected chi connectivity index (χ2v) is 21.8. The van der Waals surface area contributed by atoms with Crippen LogP contribution in [-0.4, -0.2) is 149 Å². The second-order valence-electron chi connectivity index (χ2n) is 21.8. The largest absolute Gasteiger partial charge is 0.508 e. The maximum atomic E-state index is 14.9. The highest BCUT2D eigenvalue weighted by atomic mass is 16.6. The molecule has 0 aromatic heterocycles. The zero-order chi connectivity index (χ0) is 55.1. The molecule has 0 aliphatic carbocycles. The van der Waals surface area contributed by atoms with Crippen molar-refractivity contribution < 1.29 is 67.5 Å². The molecular weight excluding hydrogens is 949 g/mol. The summed E-state index contributed by atoms with van der Waals surface area (Å²) in [6.45, 7) is 19.6. The van der Waals surface area contributed by atoms with Crippen LogP contribution in [0.5, 0.6) is 5.75 Å². The highest BCUT2D eigenvalue weighted by Gasteiger charge is 2.37. The third kappa shape index (κ3) is 22.6. The second kappa shape index (κ2) is 26.2. The molecule has 9 N–H and O–H groups in total. The maximum absolute atomic E-state index is 14.9. The van der Waals surface area contributed by atoms with Crippen molar-refractivity contribution in [2.24, 2.45) is 0 Å². The molecule has 1 aliphatic rings. The first kappa shape index (κ1) is 60.5. The molecule has 5 atom stereocenters. The quantitative estimate of drug-likeness (QED) is 0.0898. The average Bonchev–Trinajstić information content (AvgIpc) is 3.24. The Hall–Kier alpha value is -6.84. The van der Waals surface area contributed by atoms with Crippen LogP contribution in [0.15, 0.2) is 42.5 Å². The molecule has 0 fully saturated rings. The number of phenols is 1. The van der Waals surface area contributed by atoms with Gasteiger partial charge in [0, 0.05) is 52.5 Å². The summed E-state index contributed by atoms with van der Waals surface area (Å²) in [5.74, 6) is -3.46. The van der Waals surface area contributed by atoms with Gasteiger partial charge in [-0.2, -0.15) is 0 Å². The number of fused-ring (bicyclic) bond motifs is 5. The first-order chi connectivity index (χ1) is 33.7. The predicted octanol–water partition coefficient (Wildman–Crippen LogP) is 4.07. The monoisotopic (exact) mass is 1030 g/mol. The summed E-state index contributed by atoms with van der Waals surface area (Å²) in [7, 11) is 1.32. The number of hydrogen-bond acceptors (Lipinski definition) is 14. The van der Waals surface area contributed by atoms with Crippen molar-refractivity contribution in [3.05, 3.63) is 53.6 Å². The number of likely N-dealkylation sites (N-methyl/N-ethyl adjacent to an activating group) is 1. The molecule has 22 nitrogen and oxygen atoms in total. The number of nitrogens with one attached hydrogen (secondary N) is 7. The van der Waals surface area contributed by atoms with Crippen LogP contribution in [0.25, 0.3) is 11.1 Å². The zero-order valence-electron chi connectivity index (χ0n) is 44.5. The third-order valence-corrected chi connectivity index (χ3v) is 10.4. The van der Waals surface area contributed by atoms with Gasteiger partial charge in [-0.3, -0.25) is 19.2 Å². The Labute approximate surface area is 428 Å². The van der Waals surface area contributed by atoms with Crippen molar-refractivity contribution >= 4 is 48.0 Å². The molecule has 0 radical (unpaired) electrons. The molecule has 0 spiro atoms. The predicted molar refractivity (Wildman–Crippen MR) is 270 cm³/mol. The molecule has 2 aromatic carbocycles. The van der Waals surface area contributed by atoms with E-state index in [1.54, 1.807) is 119 Å². The van der Waals surface area contributed by atoms with Crippen LogP contribution in [0.3, 0.4) is 0 Å². The van der Waals surface area contributed by atoms with E-state index in [1.165, 1.54) is 13.1 Å². The fourth-order valence-electron chi connectivity index (χ4n) is 7.21. The first-order valence-corrected chi connectivity index (χ1v) is 24.3. The normalized spacial score (nSPS) is 17.5. The Morgan fingerprint density at radius 3 is 1.82 bits per heavy atom. The Kier molecular flexibility index (Phi) is 21.7. The van der Waals surface area contributed by atoms with E-state index >= 15 is 0 Å². The van der Waals surface area contributed by atoms with Crippen molar-refractivity contribution in [2.45, 2.75) is 168 Å². The molecule has 0 saturated carbocycles. The molecule has 2 aromatic rings. The SMILES string of the molecule is CN1C(=O)[C@H](C[C@@H](O)CNC(=O)OC(C)(C)C)NC(=O)[C@@H](NC(=O)OC(C)(C)C)Cc2cc(ccc2O)-c2cccc(c2)C[C@H]1C(=O)N[C@@H](CCCNC(=O)OC(C)(C)C)C(=O)NCCNC(=O)OC(C)(C)C. The Morgan fingerprint density at radius 2 is 1.23 bits per heavy atom. The summed E-state index contributed by atoms with van der Waals surface area (Å²) in [6.07, 6.45) is -5.53. The van der Waals surface area contributed by atoms with E-state index in [0.717, 1.165) is 4.90 Å². The van der Waals surface area contributed by atoms with E-state index in [-0.39, 0.29) is 56.6 Å². The molecule has 4 bridgehead atoms. The van der Waals surface area contributed by atoms with Gasteiger partial charge in [0.1, 0.15) is 52.3 Å². The molecule has 0 saturated heterocycles. The zero-order valence-corrected chi connectivity index (χ0v) is 44.5. The number of carbonyl (C=O) groups is 8. The van der Waals surface area contributed by atoms with Gasteiger partial charge >= 0.3 is 24.4 Å². The lowest BCUT2D eigenvalue weighted by Gasteiger charge is -2.33. The highest BCUT2D eigenvalue weighted by molar-refractivity contribution is 5.95. The lowest BCUT2D eigenvalue weighted by molar-refractivity contribution is -0.143. The van der Waals surface area contributed by atoms with E-state index in [1.807, 2.05) is 0 Å². The number of hydrogen-bond donors (Lipinski definition) is 9. The molecule has 8 amide bonds. The lowest BCUT2D eigenvalue weighted by atomic mass is 9.95. The molecule has 3 rings (SSSR count). The van der Waals surface area contributed by atoms with Gasteiger partial charge in [-0.25, -0.2) is 19.2 Å². The number of aliphatic hydroxyl groups excluding tert-OH is 1. The summed E-state index contributed by atoms with van der Waals surface area (Å²) in [6, 6.07) is 6.00. The van der Waals surface area contributed by atoms with E-state index in [0.29, 0.717) is 16.7 Å². The number of carbonyl (C=O) groups excluding carboxylic acids is 8. The standard InChI is InChI=1S/C51H78N8O14/c1-48(2,3)70-44(66)53-21-15-18-35(40(62)52-22-23-54-45(67)71-49(4,5)6)56-42(64)38-25-30-16-14-17-31(24-30)32-19-20-39(61)33(26-32)27-36(58-47(69)73-51(10,11)12)41(63)57-37(43(65)59(38)13)28-34(60)29-55-46(68)72-50(7,8)9/h14,16-17,19-20,24,26,34-38,60-61H,15,18,21-23,25,27-29H2,1-13H3,(H,52,62)(H,53,66)(H,54,67)(H,55,68)(H,56,64)(H,57,63)(H,58,69)/t34-,35+,36+,37+,38+/m1/s1. The Bertz CT molecular complexity index is 2260. The molecule has 0 unspecified atom stereocenters. The average molecular weight is 1030 g/mol. The molecule has 73 heavy (non-hydrogen) atoms. The van der Waals surface area contributed by atoms with E-state index in [9.17, 15) is 48.6 Å². The topological polar surface area (TPSA) is 301 Å². The van der Waals surface area contributed by atoms with E-state index in [2.05, 4.69) is 37.2 Å². The van der Waals surface area contributed by atoms with Gasteiger partial charge in [0.25, 0.3) is 0 Å². The molecule has 1 heterocycles. The van der Waals surface area contributed by atoms with Gasteiger partial charge in [-0.05, 0) is 130 Å². The summed E-state index contributed by atoms with van der Waals surface area (Å²) in [5.41, 5.74) is -1.35. The summed E-state index contributed by atoms with van der Waals surface area (Å²) in [4.78, 5) is 110. The lowest BCUT2D eigenvalue weighted by Crippen LogP contribution is -2.60. The molecular formula is C51H78N8O14. The minimum atomic E-state index is -1.63. The van der Waals surface area contributed by atoms with Gasteiger partial charge < -0.3 is 71.3 Å². The van der Waals surface area contributed by atoms with Gasteiger partial charge in [0.15, 0.2) is 0 Å². The van der Waals surface area contributed by atoms with Crippen molar-refractivity contribution in [1.29, 1.82) is 0 Å². The minimum Gasteiger partial charge on any atom is -0.508 e. The van der Waals surface area contributed by atoms with Crippen molar-refractivity contribution in [1.82, 2.24) is 42.1 Å². The number of rotatable bonds is 15. The number of phenolic OH excluding ortho intramolecular Hbond substituents is 1. The molecule has 406 valence electrons. The van der Waals surface area contributed by atoms with Crippen LogP contribution in [0, 0.1) is 0 Å². The number of benzene rings is 2. The van der Waals surface area contributed by atoms with Gasteiger partial charge in [-0.1, -0.05) is 30.3 Å². The molecule has 22 heteroatoms. The molecule has 1 aliphatic heterocycles. The van der Waals surface area contributed by atoms with Crippen LogP contribution in [-0.2, 0) is 51.0 Å². The summed E-state index contributed by atoms with van der Waals surface area (Å²) in [5, 5.41) is 40.7. The number of aromatic hydroxyl groups is 1. The van der Waals surface area contributed by atoms with Crippen molar-refractivity contribution in [3.8, 4) is 16.9 Å². The van der Waals surface area contributed by atoms with Crippen LogP contribution >= 0.6 is 0 Å². The van der Waals surface area contributed by atoms with Crippen LogP contribution in [0.4, 0.5) is 19.2 Å². The fraction of sp³-hybridized carbons (Fsp3) is 0.608. The fourth-order valence-corrected chi connectivity index (χ4v) is 7.21. The Balaban J connectivity index is 2.11. The van der Waals surface area contributed by atoms with E-state index in [4.69, 9.17) is 18.9 Å². The Morgan fingerprint density at radius 1 is 0.699 bits per heavy atom. The van der Waals surface area contributed by atoms with Crippen LogP contribution < -0.4 is 37.2 Å². The van der Waals surface area contributed by atoms with Crippen molar-refractivity contribution in [3.63, 3.8) is 0 Å². The van der Waals surface area contributed by atoms with E-state index < -0.39 is 114 Å². The van der Waals surface area contributed by atoms with Crippen LogP contribution in [0.1, 0.15) is 113 Å². The maximum Gasteiger partial charge on any atom is 0.408 e. The van der Waals surface area contributed by atoms with Gasteiger partial charge in [0.2, 0.25) is 23.6 Å². The number of amides is 8. The van der Waals surface area contributed by atoms with Gasteiger partial charge in [-0.15, -0.1) is 0 Å². The summed E-state index contributed by atoms with van der Waals surface area (Å²) < 4.78 is 21.4. The first-order valence-electron chi connectivity index (χ1n) is 24.3. The number of aliphatic hydroxyl groups is 1. The smallest absolute Gasteiger partial charge is 0.408 e. The number of ether oxygens (including phenoxy) is 4.